The first-order valence-electron chi connectivity index (χ1n) is 20.9. The van der Waals surface area contributed by atoms with E-state index in [1.165, 1.54) is 29.8 Å². The number of aliphatic carboxylic acids is 4. The fourth-order valence-corrected chi connectivity index (χ4v) is 6.05. The lowest BCUT2D eigenvalue weighted by Crippen LogP contribution is -2.22. The monoisotopic (exact) mass is 1010 g/mol. The van der Waals surface area contributed by atoms with Gasteiger partial charge in [0.2, 0.25) is 0 Å². The van der Waals surface area contributed by atoms with Gasteiger partial charge in [-0.05, 0) is 110 Å². The molecule has 2 atom stereocenters. The molecule has 0 aromatic heterocycles. The SMILES string of the molecule is CNCCC(Oc1ccc(C(F)(F)F)cc1)c1ccc(OC)c(OC)c1.COc1ccc(C(CCN(C)Cc2ccccc2)Oc2ccc(C(F)(F)F)cc2)cc1OC.O=C(O)C(=O)O.O=C(O)C(=O)O. The molecule has 386 valence electrons. The third-order valence-corrected chi connectivity index (χ3v) is 9.57. The molecule has 5 N–H and O–H groups in total. The van der Waals surface area contributed by atoms with Crippen molar-refractivity contribution >= 4 is 23.9 Å². The summed E-state index contributed by atoms with van der Waals surface area (Å²) in [6.45, 7) is 2.17. The van der Waals surface area contributed by atoms with E-state index in [0.717, 1.165) is 41.9 Å². The second kappa shape index (κ2) is 29.3. The predicted molar refractivity (Wildman–Crippen MR) is 245 cm³/mol. The molecule has 0 aliphatic carbocycles. The molecule has 0 bridgehead atoms. The normalized spacial score (nSPS) is 11.6. The summed E-state index contributed by atoms with van der Waals surface area (Å²) < 4.78 is 110. The minimum absolute atomic E-state index is 0.348. The second-order valence-corrected chi connectivity index (χ2v) is 14.6. The zero-order valence-electron chi connectivity index (χ0n) is 39.2. The fraction of sp³-hybridized carbons (Fsp3) is 0.306. The minimum atomic E-state index is -4.39. The molecule has 0 saturated carbocycles. The molecule has 71 heavy (non-hydrogen) atoms. The molecule has 0 aliphatic heterocycles. The van der Waals surface area contributed by atoms with Crippen LogP contribution in [0.4, 0.5) is 26.3 Å². The van der Waals surface area contributed by atoms with Gasteiger partial charge in [0.25, 0.3) is 0 Å². The van der Waals surface area contributed by atoms with Crippen molar-refractivity contribution in [1.82, 2.24) is 10.2 Å². The van der Waals surface area contributed by atoms with E-state index in [1.807, 2.05) is 56.6 Å². The van der Waals surface area contributed by atoms with Crippen LogP contribution in [0.1, 0.15) is 52.9 Å². The van der Waals surface area contributed by atoms with Crippen LogP contribution >= 0.6 is 0 Å². The van der Waals surface area contributed by atoms with E-state index in [0.29, 0.717) is 60.4 Å². The van der Waals surface area contributed by atoms with Gasteiger partial charge < -0.3 is 59.1 Å². The average Bonchev–Trinajstić information content (AvgIpc) is 3.34. The second-order valence-electron chi connectivity index (χ2n) is 14.6. The number of hydrogen-bond donors (Lipinski definition) is 5. The van der Waals surface area contributed by atoms with Crippen molar-refractivity contribution < 1.29 is 94.4 Å². The van der Waals surface area contributed by atoms with Crippen molar-refractivity contribution in [2.75, 3.05) is 55.6 Å². The molecule has 0 aliphatic rings. The third-order valence-electron chi connectivity index (χ3n) is 9.57. The number of carboxylic acid groups (broad SMARTS) is 4. The van der Waals surface area contributed by atoms with Crippen molar-refractivity contribution in [3.05, 3.63) is 143 Å². The van der Waals surface area contributed by atoms with E-state index in [9.17, 15) is 26.3 Å². The molecule has 0 spiro atoms. The van der Waals surface area contributed by atoms with Gasteiger partial charge in [-0.25, -0.2) is 19.2 Å². The van der Waals surface area contributed by atoms with Gasteiger partial charge in [0.05, 0.1) is 39.6 Å². The maximum absolute atomic E-state index is 12.9. The molecule has 16 nitrogen and oxygen atoms in total. The van der Waals surface area contributed by atoms with Crippen molar-refractivity contribution in [3.63, 3.8) is 0 Å². The van der Waals surface area contributed by atoms with Crippen LogP contribution in [0.25, 0.3) is 0 Å². The number of alkyl halides is 6. The minimum Gasteiger partial charge on any atom is -0.493 e. The van der Waals surface area contributed by atoms with Crippen LogP contribution in [0.15, 0.2) is 115 Å². The Labute approximate surface area is 404 Å². The summed E-state index contributed by atoms with van der Waals surface area (Å²) in [6.07, 6.45) is -8.24. The highest BCUT2D eigenvalue weighted by Crippen LogP contribution is 2.37. The van der Waals surface area contributed by atoms with Gasteiger partial charge in [0.15, 0.2) is 23.0 Å². The van der Waals surface area contributed by atoms with Gasteiger partial charge in [-0.3, -0.25) is 0 Å². The summed E-state index contributed by atoms with van der Waals surface area (Å²) in [7, 11) is 10.1. The summed E-state index contributed by atoms with van der Waals surface area (Å²) in [5, 5.41) is 32.6. The first-order chi connectivity index (χ1) is 33.5. The van der Waals surface area contributed by atoms with Crippen molar-refractivity contribution in [3.8, 4) is 34.5 Å². The number of nitrogens with one attached hydrogen (secondary N) is 1. The molecule has 0 saturated heterocycles. The number of hydrogen-bond acceptors (Lipinski definition) is 12. The van der Waals surface area contributed by atoms with E-state index in [1.54, 1.807) is 40.6 Å². The van der Waals surface area contributed by atoms with Gasteiger partial charge in [0, 0.05) is 25.9 Å². The topological polar surface area (TPSA) is 220 Å². The maximum atomic E-state index is 12.9. The predicted octanol–water partition coefficient (Wildman–Crippen LogP) is 9.13. The summed E-state index contributed by atoms with van der Waals surface area (Å²) in [5.74, 6) is -4.24. The third kappa shape index (κ3) is 21.2. The molecule has 5 rings (SSSR count). The Hall–Kier alpha value is -7.72. The standard InChI is InChI=1S/C26H28F3NO3.C19H22F3NO3.2C2H2O4/c1-30(18-19-7-5-4-6-8-19)16-15-23(20-9-14-24(31-2)25(17-20)32-3)33-22-12-10-21(11-13-22)26(27,28)29;1-23-11-10-16(13-4-9-17(24-2)18(12-13)25-3)26-15-7-5-14(6-8-15)19(20,21)22;2*3-1(4)2(5)6/h4-14,17,23H,15-16,18H2,1-3H3;4-9,12,16,23H,10-11H2,1-3H3;2*(H,3,4)(H,5,6). The molecule has 0 heterocycles. The number of benzene rings is 5. The Morgan fingerprint density at radius 2 is 0.901 bits per heavy atom. The number of carboxylic acids is 4. The summed E-state index contributed by atoms with van der Waals surface area (Å²) in [6, 6.07) is 30.5. The number of rotatable bonds is 18. The lowest BCUT2D eigenvalue weighted by molar-refractivity contribution is -0.159. The van der Waals surface area contributed by atoms with Crippen LogP contribution in [0.5, 0.6) is 34.5 Å². The van der Waals surface area contributed by atoms with E-state index in [4.69, 9.17) is 68.0 Å². The van der Waals surface area contributed by atoms with Crippen molar-refractivity contribution in [1.29, 1.82) is 0 Å². The molecule has 0 radical (unpaired) electrons. The number of methoxy groups -OCH3 is 4. The number of halogens is 6. The van der Waals surface area contributed by atoms with Crippen molar-refractivity contribution in [2.45, 2.75) is 43.9 Å². The maximum Gasteiger partial charge on any atom is 0.416 e. The van der Waals surface area contributed by atoms with Crippen LogP contribution in [0, 0.1) is 0 Å². The van der Waals surface area contributed by atoms with Gasteiger partial charge in [-0.15, -0.1) is 0 Å². The summed E-state index contributed by atoms with van der Waals surface area (Å²) >= 11 is 0. The number of carbonyl (C=O) groups is 4. The van der Waals surface area contributed by atoms with Crippen LogP contribution in [0.3, 0.4) is 0 Å². The van der Waals surface area contributed by atoms with Crippen LogP contribution in [-0.4, -0.2) is 105 Å². The Kier molecular flexibility index (Phi) is 24.5. The zero-order chi connectivity index (χ0) is 53.3. The highest BCUT2D eigenvalue weighted by atomic mass is 19.4. The van der Waals surface area contributed by atoms with E-state index in [2.05, 4.69) is 22.3 Å². The van der Waals surface area contributed by atoms with Crippen LogP contribution < -0.4 is 33.7 Å². The number of nitrogens with zero attached hydrogens (tertiary/aromatic N) is 1. The fourth-order valence-electron chi connectivity index (χ4n) is 6.05. The summed E-state index contributed by atoms with van der Waals surface area (Å²) in [4.78, 5) is 38.6. The highest BCUT2D eigenvalue weighted by molar-refractivity contribution is 6.27. The van der Waals surface area contributed by atoms with E-state index >= 15 is 0 Å². The first kappa shape index (κ1) is 59.4. The van der Waals surface area contributed by atoms with E-state index < -0.39 is 47.4 Å². The quantitative estimate of drug-likeness (QED) is 0.0408. The highest BCUT2D eigenvalue weighted by Gasteiger charge is 2.31. The van der Waals surface area contributed by atoms with Crippen molar-refractivity contribution in [2.24, 2.45) is 0 Å². The molecule has 0 amide bonds. The van der Waals surface area contributed by atoms with Gasteiger partial charge in [0.1, 0.15) is 23.7 Å². The van der Waals surface area contributed by atoms with Gasteiger partial charge >= 0.3 is 36.2 Å². The molecule has 0 fully saturated rings. The Morgan fingerprint density at radius 1 is 0.535 bits per heavy atom. The molecule has 2 unspecified atom stereocenters. The molecule has 5 aromatic carbocycles. The Bertz CT molecular complexity index is 2370. The lowest BCUT2D eigenvalue weighted by atomic mass is 10.0. The smallest absolute Gasteiger partial charge is 0.416 e. The average molecular weight is 1010 g/mol. The zero-order valence-corrected chi connectivity index (χ0v) is 39.2. The molecular weight excluding hydrogens is 955 g/mol. The largest absolute Gasteiger partial charge is 0.493 e. The Balaban J connectivity index is 0.000000402. The molecular formula is C49H54F6N2O14. The lowest BCUT2D eigenvalue weighted by Gasteiger charge is -2.24. The summed E-state index contributed by atoms with van der Waals surface area (Å²) in [5.41, 5.74) is 1.48. The molecule has 5 aromatic rings. The number of ether oxygens (including phenoxy) is 6. The Morgan fingerprint density at radius 3 is 1.23 bits per heavy atom. The van der Waals surface area contributed by atoms with E-state index in [-0.39, 0.29) is 12.2 Å². The first-order valence-corrected chi connectivity index (χ1v) is 20.9. The van der Waals surface area contributed by atoms with Crippen LogP contribution in [0.2, 0.25) is 0 Å². The van der Waals surface area contributed by atoms with Crippen LogP contribution in [-0.2, 0) is 38.1 Å². The molecule has 22 heteroatoms. The van der Waals surface area contributed by atoms with Gasteiger partial charge in [-0.2, -0.15) is 26.3 Å². The van der Waals surface area contributed by atoms with Gasteiger partial charge in [-0.1, -0.05) is 42.5 Å².